The lowest BCUT2D eigenvalue weighted by Crippen LogP contribution is -1.97. The standard InChI is InChI=1S/C11H11FN2S/c12-10-4-2-1-3-8(10)5-9-7-15-11(6-13)14-9/h1-4,7H,5-6,13H2. The quantitative estimate of drug-likeness (QED) is 0.865. The third-order valence-electron chi connectivity index (χ3n) is 2.10. The minimum absolute atomic E-state index is 0.181. The van der Waals surface area contributed by atoms with Crippen molar-refractivity contribution < 1.29 is 4.39 Å². The van der Waals surface area contributed by atoms with Crippen LogP contribution >= 0.6 is 11.3 Å². The van der Waals surface area contributed by atoms with Gasteiger partial charge in [0.2, 0.25) is 0 Å². The van der Waals surface area contributed by atoms with Gasteiger partial charge in [0.1, 0.15) is 10.8 Å². The second kappa shape index (κ2) is 4.51. The molecule has 15 heavy (non-hydrogen) atoms. The van der Waals surface area contributed by atoms with E-state index in [0.29, 0.717) is 18.5 Å². The molecule has 1 heterocycles. The number of benzene rings is 1. The summed E-state index contributed by atoms with van der Waals surface area (Å²) in [6.45, 7) is 0.446. The molecule has 2 nitrogen and oxygen atoms in total. The maximum Gasteiger partial charge on any atom is 0.126 e. The molecule has 0 bridgehead atoms. The molecular weight excluding hydrogens is 211 g/mol. The molecule has 78 valence electrons. The second-order valence-corrected chi connectivity index (χ2v) is 4.15. The van der Waals surface area contributed by atoms with E-state index in [4.69, 9.17) is 5.73 Å². The monoisotopic (exact) mass is 222 g/mol. The number of aromatic nitrogens is 1. The van der Waals surface area contributed by atoms with Gasteiger partial charge in [-0.3, -0.25) is 0 Å². The molecule has 4 heteroatoms. The summed E-state index contributed by atoms with van der Waals surface area (Å²) in [6.07, 6.45) is 0.531. The molecule has 2 rings (SSSR count). The van der Waals surface area contributed by atoms with E-state index < -0.39 is 0 Å². The number of halogens is 1. The molecule has 0 aliphatic heterocycles. The highest BCUT2D eigenvalue weighted by atomic mass is 32.1. The van der Waals surface area contributed by atoms with Crippen molar-refractivity contribution in [2.24, 2.45) is 5.73 Å². The Morgan fingerprint density at radius 2 is 2.13 bits per heavy atom. The number of thiazole rings is 1. The van der Waals surface area contributed by atoms with Crippen molar-refractivity contribution in [2.75, 3.05) is 0 Å². The largest absolute Gasteiger partial charge is 0.325 e. The fourth-order valence-corrected chi connectivity index (χ4v) is 2.04. The Balaban J connectivity index is 2.18. The van der Waals surface area contributed by atoms with Crippen LogP contribution in [-0.4, -0.2) is 4.98 Å². The first-order valence-corrected chi connectivity index (χ1v) is 5.54. The highest BCUT2D eigenvalue weighted by Crippen LogP contribution is 2.15. The van der Waals surface area contributed by atoms with E-state index in [1.807, 2.05) is 11.4 Å². The van der Waals surface area contributed by atoms with Crippen molar-refractivity contribution in [3.8, 4) is 0 Å². The molecule has 0 unspecified atom stereocenters. The predicted octanol–water partition coefficient (Wildman–Crippen LogP) is 2.33. The van der Waals surface area contributed by atoms with Crippen LogP contribution in [0.2, 0.25) is 0 Å². The normalized spacial score (nSPS) is 10.5. The van der Waals surface area contributed by atoms with Gasteiger partial charge in [0.15, 0.2) is 0 Å². The lowest BCUT2D eigenvalue weighted by atomic mass is 10.1. The predicted molar refractivity (Wildman–Crippen MR) is 59.2 cm³/mol. The summed E-state index contributed by atoms with van der Waals surface area (Å²) in [4.78, 5) is 4.29. The van der Waals surface area contributed by atoms with E-state index >= 15 is 0 Å². The summed E-state index contributed by atoms with van der Waals surface area (Å²) >= 11 is 1.52. The lowest BCUT2D eigenvalue weighted by Gasteiger charge is -1.99. The lowest BCUT2D eigenvalue weighted by molar-refractivity contribution is 0.613. The van der Waals surface area contributed by atoms with Crippen LogP contribution in [0.25, 0.3) is 0 Å². The maximum atomic E-state index is 13.3. The molecule has 0 radical (unpaired) electrons. The van der Waals surface area contributed by atoms with Gasteiger partial charge < -0.3 is 5.73 Å². The van der Waals surface area contributed by atoms with Crippen molar-refractivity contribution in [3.05, 3.63) is 51.7 Å². The molecular formula is C11H11FN2S. The van der Waals surface area contributed by atoms with Gasteiger partial charge in [0.05, 0.1) is 5.69 Å². The van der Waals surface area contributed by atoms with Crippen LogP contribution in [0.1, 0.15) is 16.3 Å². The molecule has 1 aromatic carbocycles. The molecule has 0 aliphatic carbocycles. The van der Waals surface area contributed by atoms with Crippen LogP contribution in [0, 0.1) is 5.82 Å². The molecule has 0 amide bonds. The minimum Gasteiger partial charge on any atom is -0.325 e. The van der Waals surface area contributed by atoms with Gasteiger partial charge in [-0.15, -0.1) is 11.3 Å². The van der Waals surface area contributed by atoms with Crippen LogP contribution in [0.3, 0.4) is 0 Å². The third-order valence-corrected chi connectivity index (χ3v) is 3.02. The summed E-state index contributed by atoms with van der Waals surface area (Å²) in [7, 11) is 0. The molecule has 2 aromatic rings. The second-order valence-electron chi connectivity index (χ2n) is 3.20. The first-order valence-electron chi connectivity index (χ1n) is 4.66. The Bertz CT molecular complexity index is 453. The average Bonchev–Trinajstić information content (AvgIpc) is 2.69. The van der Waals surface area contributed by atoms with Crippen molar-refractivity contribution in [3.63, 3.8) is 0 Å². The van der Waals surface area contributed by atoms with Crippen LogP contribution in [-0.2, 0) is 13.0 Å². The molecule has 1 aromatic heterocycles. The van der Waals surface area contributed by atoms with E-state index in [2.05, 4.69) is 4.98 Å². The Morgan fingerprint density at radius 1 is 1.33 bits per heavy atom. The van der Waals surface area contributed by atoms with Crippen LogP contribution in [0.15, 0.2) is 29.6 Å². The summed E-state index contributed by atoms with van der Waals surface area (Å²) < 4.78 is 13.3. The average molecular weight is 222 g/mol. The highest BCUT2D eigenvalue weighted by Gasteiger charge is 2.05. The van der Waals surface area contributed by atoms with Gasteiger partial charge >= 0.3 is 0 Å². The van der Waals surface area contributed by atoms with Gasteiger partial charge in [0, 0.05) is 18.3 Å². The minimum atomic E-state index is -0.181. The van der Waals surface area contributed by atoms with Gasteiger partial charge in [-0.1, -0.05) is 18.2 Å². The van der Waals surface area contributed by atoms with Crippen molar-refractivity contribution in [1.29, 1.82) is 0 Å². The molecule has 0 atom stereocenters. The van der Waals surface area contributed by atoms with Crippen LogP contribution in [0.4, 0.5) is 4.39 Å². The third kappa shape index (κ3) is 2.40. The molecule has 0 aliphatic rings. The molecule has 2 N–H and O–H groups in total. The topological polar surface area (TPSA) is 38.9 Å². The highest BCUT2D eigenvalue weighted by molar-refractivity contribution is 7.09. The molecule has 0 saturated carbocycles. The van der Waals surface area contributed by atoms with Crippen molar-refractivity contribution >= 4 is 11.3 Å². The fraction of sp³-hybridized carbons (Fsp3) is 0.182. The molecule has 0 fully saturated rings. The Labute approximate surface area is 91.6 Å². The Morgan fingerprint density at radius 3 is 2.80 bits per heavy atom. The van der Waals surface area contributed by atoms with E-state index in [-0.39, 0.29) is 5.82 Å². The Kier molecular flexibility index (Phi) is 3.08. The number of hydrogen-bond donors (Lipinski definition) is 1. The van der Waals surface area contributed by atoms with Gasteiger partial charge in [-0.2, -0.15) is 0 Å². The summed E-state index contributed by atoms with van der Waals surface area (Å²) in [5.41, 5.74) is 7.01. The first kappa shape index (κ1) is 10.3. The van der Waals surface area contributed by atoms with Crippen LogP contribution < -0.4 is 5.73 Å². The van der Waals surface area contributed by atoms with E-state index in [1.54, 1.807) is 12.1 Å². The van der Waals surface area contributed by atoms with Crippen molar-refractivity contribution in [1.82, 2.24) is 4.98 Å². The van der Waals surface area contributed by atoms with E-state index in [9.17, 15) is 4.39 Å². The summed E-state index contributed by atoms with van der Waals surface area (Å²) in [5.74, 6) is -0.181. The molecule has 0 saturated heterocycles. The summed E-state index contributed by atoms with van der Waals surface area (Å²) in [6, 6.07) is 6.75. The number of nitrogens with zero attached hydrogens (tertiary/aromatic N) is 1. The smallest absolute Gasteiger partial charge is 0.126 e. The molecule has 0 spiro atoms. The van der Waals surface area contributed by atoms with E-state index in [1.165, 1.54) is 17.4 Å². The van der Waals surface area contributed by atoms with Gasteiger partial charge in [-0.05, 0) is 11.6 Å². The van der Waals surface area contributed by atoms with E-state index in [0.717, 1.165) is 10.7 Å². The van der Waals surface area contributed by atoms with Gasteiger partial charge in [0.25, 0.3) is 0 Å². The van der Waals surface area contributed by atoms with Crippen LogP contribution in [0.5, 0.6) is 0 Å². The number of nitrogens with two attached hydrogens (primary N) is 1. The maximum absolute atomic E-state index is 13.3. The SMILES string of the molecule is NCc1nc(Cc2ccccc2F)cs1. The fourth-order valence-electron chi connectivity index (χ4n) is 1.36. The zero-order valence-electron chi connectivity index (χ0n) is 8.11. The number of rotatable bonds is 3. The number of hydrogen-bond acceptors (Lipinski definition) is 3. The van der Waals surface area contributed by atoms with Gasteiger partial charge in [-0.25, -0.2) is 9.37 Å². The first-order chi connectivity index (χ1) is 7.29. The zero-order valence-corrected chi connectivity index (χ0v) is 8.93. The summed E-state index contributed by atoms with van der Waals surface area (Å²) in [5, 5.41) is 2.82. The van der Waals surface area contributed by atoms with Crippen molar-refractivity contribution in [2.45, 2.75) is 13.0 Å². The zero-order chi connectivity index (χ0) is 10.7. The Hall–Kier alpha value is -1.26.